The molecule has 2 amide bonds. The summed E-state index contributed by atoms with van der Waals surface area (Å²) in [5, 5.41) is 0. The van der Waals surface area contributed by atoms with Crippen molar-refractivity contribution >= 4 is 27.7 Å². The Bertz CT molecular complexity index is 730. The molecule has 118 valence electrons. The second-order valence-electron chi connectivity index (χ2n) is 5.66. The third-order valence-corrected chi connectivity index (χ3v) is 4.91. The summed E-state index contributed by atoms with van der Waals surface area (Å²) in [7, 11) is 0. The molecule has 0 aliphatic carbocycles. The average Bonchev–Trinajstić information content (AvgIpc) is 3.02. The van der Waals surface area contributed by atoms with E-state index in [0.29, 0.717) is 18.5 Å². The minimum atomic E-state index is -1.06. The van der Waals surface area contributed by atoms with Gasteiger partial charge in [-0.05, 0) is 42.7 Å². The molecule has 0 spiro atoms. The molecule has 1 aliphatic heterocycles. The Labute approximate surface area is 143 Å². The van der Waals surface area contributed by atoms with Crippen molar-refractivity contribution in [3.63, 3.8) is 0 Å². The SMILES string of the molecule is NC(=O)[C@]1(c2ccccc2)CCCN1C(=O)c1ccc(Br)cc1. The van der Waals surface area contributed by atoms with Gasteiger partial charge in [0.1, 0.15) is 5.54 Å². The molecule has 4 nitrogen and oxygen atoms in total. The molecule has 0 saturated carbocycles. The van der Waals surface area contributed by atoms with Crippen LogP contribution < -0.4 is 5.73 Å². The van der Waals surface area contributed by atoms with E-state index in [4.69, 9.17) is 5.73 Å². The van der Waals surface area contributed by atoms with Gasteiger partial charge in [0.25, 0.3) is 5.91 Å². The molecule has 1 saturated heterocycles. The summed E-state index contributed by atoms with van der Waals surface area (Å²) in [6.07, 6.45) is 1.30. The fourth-order valence-electron chi connectivity index (χ4n) is 3.25. The standard InChI is InChI=1S/C18H17BrN2O2/c19-15-9-7-13(8-10-15)16(22)21-12-4-11-18(21,17(20)23)14-5-2-1-3-6-14/h1-3,5-10H,4,11-12H2,(H2,20,23)/t18-/m1/s1. The maximum Gasteiger partial charge on any atom is 0.255 e. The van der Waals surface area contributed by atoms with Gasteiger partial charge in [-0.15, -0.1) is 0 Å². The van der Waals surface area contributed by atoms with Crippen molar-refractivity contribution in [2.45, 2.75) is 18.4 Å². The molecule has 3 rings (SSSR count). The fraction of sp³-hybridized carbons (Fsp3) is 0.222. The first-order chi connectivity index (χ1) is 11.1. The Balaban J connectivity index is 2.05. The molecule has 2 N–H and O–H groups in total. The maximum atomic E-state index is 13.0. The maximum absolute atomic E-state index is 13.0. The van der Waals surface area contributed by atoms with Gasteiger partial charge in [-0.1, -0.05) is 46.3 Å². The van der Waals surface area contributed by atoms with Crippen molar-refractivity contribution in [3.05, 3.63) is 70.2 Å². The number of nitrogens with zero attached hydrogens (tertiary/aromatic N) is 1. The van der Waals surface area contributed by atoms with Crippen LogP contribution in [-0.4, -0.2) is 23.3 Å². The number of hydrogen-bond acceptors (Lipinski definition) is 2. The first-order valence-electron chi connectivity index (χ1n) is 7.48. The van der Waals surface area contributed by atoms with Gasteiger partial charge in [0.2, 0.25) is 5.91 Å². The quantitative estimate of drug-likeness (QED) is 0.899. The zero-order valence-electron chi connectivity index (χ0n) is 12.5. The monoisotopic (exact) mass is 372 g/mol. The van der Waals surface area contributed by atoms with Crippen molar-refractivity contribution in [1.29, 1.82) is 0 Å². The summed E-state index contributed by atoms with van der Waals surface area (Å²) in [6, 6.07) is 16.5. The number of primary amides is 1. The third kappa shape index (κ3) is 2.65. The van der Waals surface area contributed by atoms with Crippen LogP contribution in [0.25, 0.3) is 0 Å². The normalized spacial score (nSPS) is 20.5. The molecule has 2 aromatic carbocycles. The smallest absolute Gasteiger partial charge is 0.255 e. The molecule has 0 unspecified atom stereocenters. The Morgan fingerprint density at radius 1 is 1.04 bits per heavy atom. The lowest BCUT2D eigenvalue weighted by atomic mass is 9.86. The largest absolute Gasteiger partial charge is 0.367 e. The number of nitrogens with two attached hydrogens (primary N) is 1. The summed E-state index contributed by atoms with van der Waals surface area (Å²) in [4.78, 5) is 26.9. The highest BCUT2D eigenvalue weighted by atomic mass is 79.9. The molecule has 2 aromatic rings. The van der Waals surface area contributed by atoms with E-state index < -0.39 is 11.4 Å². The average molecular weight is 373 g/mol. The predicted molar refractivity (Wildman–Crippen MR) is 91.7 cm³/mol. The van der Waals surface area contributed by atoms with Crippen LogP contribution >= 0.6 is 15.9 Å². The van der Waals surface area contributed by atoms with Crippen LogP contribution in [0.3, 0.4) is 0 Å². The van der Waals surface area contributed by atoms with Crippen LogP contribution in [0, 0.1) is 0 Å². The van der Waals surface area contributed by atoms with E-state index in [9.17, 15) is 9.59 Å². The minimum absolute atomic E-state index is 0.169. The van der Waals surface area contributed by atoms with Gasteiger partial charge >= 0.3 is 0 Å². The van der Waals surface area contributed by atoms with Gasteiger partial charge in [-0.2, -0.15) is 0 Å². The highest BCUT2D eigenvalue weighted by Gasteiger charge is 2.49. The second-order valence-corrected chi connectivity index (χ2v) is 6.57. The van der Waals surface area contributed by atoms with Gasteiger partial charge in [-0.3, -0.25) is 9.59 Å². The molecule has 1 atom stereocenters. The molecule has 0 aromatic heterocycles. The molecule has 1 fully saturated rings. The van der Waals surface area contributed by atoms with Crippen molar-refractivity contribution in [2.24, 2.45) is 5.73 Å². The van der Waals surface area contributed by atoms with Crippen LogP contribution in [0.2, 0.25) is 0 Å². The predicted octanol–water partition coefficient (Wildman–Crippen LogP) is 3.07. The van der Waals surface area contributed by atoms with Crippen LogP contribution in [0.1, 0.15) is 28.8 Å². The summed E-state index contributed by atoms with van der Waals surface area (Å²) in [6.45, 7) is 0.521. The number of benzene rings is 2. The Morgan fingerprint density at radius 3 is 2.30 bits per heavy atom. The molecule has 0 radical (unpaired) electrons. The second kappa shape index (κ2) is 6.16. The highest BCUT2D eigenvalue weighted by molar-refractivity contribution is 9.10. The zero-order chi connectivity index (χ0) is 16.4. The first-order valence-corrected chi connectivity index (χ1v) is 8.28. The number of rotatable bonds is 3. The molecular weight excluding hydrogens is 356 g/mol. The fourth-order valence-corrected chi connectivity index (χ4v) is 3.52. The van der Waals surface area contributed by atoms with Gasteiger partial charge in [0.05, 0.1) is 0 Å². The summed E-state index contributed by atoms with van der Waals surface area (Å²) in [5.41, 5.74) is 6.02. The molecular formula is C18H17BrN2O2. The number of carbonyl (C=O) groups excluding carboxylic acids is 2. The van der Waals surface area contributed by atoms with Crippen LogP contribution in [-0.2, 0) is 10.3 Å². The number of halogens is 1. The van der Waals surface area contributed by atoms with Gasteiger partial charge in [0.15, 0.2) is 0 Å². The summed E-state index contributed by atoms with van der Waals surface area (Å²) < 4.78 is 0.902. The lowest BCUT2D eigenvalue weighted by Gasteiger charge is -2.36. The van der Waals surface area contributed by atoms with Crippen molar-refractivity contribution in [3.8, 4) is 0 Å². The highest BCUT2D eigenvalue weighted by Crippen LogP contribution is 2.39. The van der Waals surface area contributed by atoms with E-state index in [-0.39, 0.29) is 5.91 Å². The van der Waals surface area contributed by atoms with Crippen LogP contribution in [0.15, 0.2) is 59.1 Å². The molecule has 1 heterocycles. The van der Waals surface area contributed by atoms with E-state index in [1.165, 1.54) is 0 Å². The van der Waals surface area contributed by atoms with Gasteiger partial charge < -0.3 is 10.6 Å². The van der Waals surface area contributed by atoms with Crippen molar-refractivity contribution < 1.29 is 9.59 Å². The Hall–Kier alpha value is -2.14. The van der Waals surface area contributed by atoms with Crippen molar-refractivity contribution in [2.75, 3.05) is 6.54 Å². The van der Waals surface area contributed by atoms with Gasteiger partial charge in [0, 0.05) is 16.6 Å². The van der Waals surface area contributed by atoms with Gasteiger partial charge in [-0.25, -0.2) is 0 Å². The summed E-state index contributed by atoms with van der Waals surface area (Å²) >= 11 is 3.36. The summed E-state index contributed by atoms with van der Waals surface area (Å²) in [5.74, 6) is -0.649. The number of carbonyl (C=O) groups is 2. The van der Waals surface area contributed by atoms with Crippen LogP contribution in [0.5, 0.6) is 0 Å². The lowest BCUT2D eigenvalue weighted by molar-refractivity contribution is -0.128. The molecule has 5 heteroatoms. The first kappa shape index (κ1) is 15.7. The Morgan fingerprint density at radius 2 is 1.70 bits per heavy atom. The van der Waals surface area contributed by atoms with E-state index in [1.54, 1.807) is 17.0 Å². The lowest BCUT2D eigenvalue weighted by Crippen LogP contribution is -2.53. The number of amides is 2. The van der Waals surface area contributed by atoms with Crippen LogP contribution in [0.4, 0.5) is 0 Å². The Kier molecular flexibility index (Phi) is 4.22. The van der Waals surface area contributed by atoms with E-state index in [0.717, 1.165) is 16.5 Å². The molecule has 0 bridgehead atoms. The van der Waals surface area contributed by atoms with E-state index in [1.807, 2.05) is 42.5 Å². The zero-order valence-corrected chi connectivity index (χ0v) is 14.1. The van der Waals surface area contributed by atoms with E-state index >= 15 is 0 Å². The third-order valence-electron chi connectivity index (χ3n) is 4.38. The topological polar surface area (TPSA) is 63.4 Å². The minimum Gasteiger partial charge on any atom is -0.367 e. The molecule has 1 aliphatic rings. The van der Waals surface area contributed by atoms with E-state index in [2.05, 4.69) is 15.9 Å². The van der Waals surface area contributed by atoms with Crippen molar-refractivity contribution in [1.82, 2.24) is 4.90 Å². The number of likely N-dealkylation sites (tertiary alicyclic amines) is 1. The molecule has 23 heavy (non-hydrogen) atoms. The number of hydrogen-bond donors (Lipinski definition) is 1.